The average Bonchev–Trinajstić information content (AvgIpc) is 2.98. The predicted octanol–water partition coefficient (Wildman–Crippen LogP) is 2.31. The van der Waals surface area contributed by atoms with Crippen molar-refractivity contribution in [1.82, 2.24) is 5.32 Å². The van der Waals surface area contributed by atoms with Gasteiger partial charge in [-0.1, -0.05) is 36.4 Å². The summed E-state index contributed by atoms with van der Waals surface area (Å²) in [5.74, 6) is 0.0856. The normalized spacial score (nSPS) is 13.9. The number of thiophene rings is 1. The number of carbonyl (C=O) groups is 1. The molecule has 0 fully saturated rings. The van der Waals surface area contributed by atoms with E-state index in [4.69, 9.17) is 0 Å². The molecule has 0 aliphatic rings. The van der Waals surface area contributed by atoms with Crippen molar-refractivity contribution in [2.45, 2.75) is 38.9 Å². The van der Waals surface area contributed by atoms with E-state index in [1.54, 1.807) is 11.3 Å². The first-order valence-electron chi connectivity index (χ1n) is 7.31. The largest absolute Gasteiger partial charge is 0.349 e. The van der Waals surface area contributed by atoms with Gasteiger partial charge in [0.05, 0.1) is 4.88 Å². The van der Waals surface area contributed by atoms with Crippen LogP contribution in [0.25, 0.3) is 0 Å². The fourth-order valence-electron chi connectivity index (χ4n) is 2.29. The van der Waals surface area contributed by atoms with E-state index in [0.717, 1.165) is 0 Å². The number of hydrogen-bond acceptors (Lipinski definition) is 2. The van der Waals surface area contributed by atoms with Gasteiger partial charge in [0.25, 0.3) is 5.91 Å². The Kier molecular flexibility index (Phi) is 5.53. The van der Waals surface area contributed by atoms with Crippen molar-refractivity contribution in [3.05, 3.63) is 58.3 Å². The van der Waals surface area contributed by atoms with E-state index in [-0.39, 0.29) is 24.0 Å². The van der Waals surface area contributed by atoms with Gasteiger partial charge >= 0.3 is 0 Å². The maximum absolute atomic E-state index is 12.2. The van der Waals surface area contributed by atoms with Gasteiger partial charge in [-0.25, -0.2) is 0 Å². The molecule has 4 heteroatoms. The lowest BCUT2D eigenvalue weighted by Crippen LogP contribution is -2.92. The van der Waals surface area contributed by atoms with Crippen molar-refractivity contribution in [2.24, 2.45) is 0 Å². The molecule has 1 amide bonds. The van der Waals surface area contributed by atoms with Gasteiger partial charge in [0.15, 0.2) is 6.04 Å². The van der Waals surface area contributed by atoms with Gasteiger partial charge in [-0.05, 0) is 32.2 Å². The third-order valence-electron chi connectivity index (χ3n) is 3.33. The summed E-state index contributed by atoms with van der Waals surface area (Å²) < 4.78 is 0. The van der Waals surface area contributed by atoms with E-state index in [2.05, 4.69) is 40.3 Å². The summed E-state index contributed by atoms with van der Waals surface area (Å²) in [5.41, 5.74) is 1.23. The summed E-state index contributed by atoms with van der Waals surface area (Å²) in [4.78, 5) is 13.4. The first-order valence-corrected chi connectivity index (χ1v) is 8.19. The molecule has 0 saturated heterocycles. The molecule has 1 heterocycles. The second-order valence-corrected chi connectivity index (χ2v) is 6.53. The number of carbonyl (C=O) groups excluding carboxylic acids is 1. The van der Waals surface area contributed by atoms with E-state index >= 15 is 0 Å². The van der Waals surface area contributed by atoms with Gasteiger partial charge in [-0.15, -0.1) is 11.3 Å². The highest BCUT2D eigenvalue weighted by Crippen LogP contribution is 2.22. The lowest BCUT2D eigenvalue weighted by atomic mass is 10.0. The second-order valence-electron chi connectivity index (χ2n) is 5.55. The van der Waals surface area contributed by atoms with Crippen LogP contribution < -0.4 is 10.6 Å². The maximum atomic E-state index is 12.2. The summed E-state index contributed by atoms with van der Waals surface area (Å²) in [7, 11) is 0. The molecule has 0 radical (unpaired) electrons. The SMILES string of the molecule is CC(C)NC(=O)[C@H](C)[NH2+][C@@H](c1ccccc1)c1cccs1. The molecule has 0 saturated carbocycles. The van der Waals surface area contributed by atoms with Crippen LogP contribution in [0.1, 0.15) is 37.3 Å². The van der Waals surface area contributed by atoms with Gasteiger partial charge in [0.2, 0.25) is 0 Å². The monoisotopic (exact) mass is 303 g/mol. The summed E-state index contributed by atoms with van der Waals surface area (Å²) in [6, 6.07) is 14.7. The highest BCUT2D eigenvalue weighted by molar-refractivity contribution is 7.10. The molecule has 0 unspecified atom stereocenters. The van der Waals surface area contributed by atoms with Gasteiger partial charge < -0.3 is 10.6 Å². The molecule has 1 aromatic carbocycles. The average molecular weight is 303 g/mol. The predicted molar refractivity (Wildman–Crippen MR) is 87.3 cm³/mol. The lowest BCUT2D eigenvalue weighted by Gasteiger charge is -2.20. The topological polar surface area (TPSA) is 45.7 Å². The molecule has 21 heavy (non-hydrogen) atoms. The van der Waals surface area contributed by atoms with Gasteiger partial charge in [0, 0.05) is 11.6 Å². The van der Waals surface area contributed by atoms with Gasteiger partial charge in [-0.2, -0.15) is 0 Å². The molecule has 3 nitrogen and oxygen atoms in total. The Morgan fingerprint density at radius 3 is 2.38 bits per heavy atom. The Balaban J connectivity index is 2.16. The third kappa shape index (κ3) is 4.41. The van der Waals surface area contributed by atoms with Crippen LogP contribution in [0.2, 0.25) is 0 Å². The number of nitrogens with two attached hydrogens (primary N) is 1. The number of benzene rings is 1. The van der Waals surface area contributed by atoms with E-state index in [1.807, 2.05) is 39.0 Å². The fraction of sp³-hybridized carbons (Fsp3) is 0.353. The number of hydrogen-bond donors (Lipinski definition) is 2. The van der Waals surface area contributed by atoms with Gasteiger partial charge in [-0.3, -0.25) is 4.79 Å². The number of nitrogens with one attached hydrogen (secondary N) is 1. The molecular formula is C17H23N2OS+. The van der Waals surface area contributed by atoms with Crippen LogP contribution in [-0.2, 0) is 4.79 Å². The molecule has 2 aromatic rings. The fourth-order valence-corrected chi connectivity index (χ4v) is 3.12. The smallest absolute Gasteiger partial charge is 0.278 e. The van der Waals surface area contributed by atoms with E-state index in [1.165, 1.54) is 10.4 Å². The number of quaternary nitrogens is 1. The van der Waals surface area contributed by atoms with E-state index in [9.17, 15) is 4.79 Å². The van der Waals surface area contributed by atoms with Crippen molar-refractivity contribution in [2.75, 3.05) is 0 Å². The Hall–Kier alpha value is -1.65. The molecule has 2 atom stereocenters. The van der Waals surface area contributed by atoms with Crippen molar-refractivity contribution < 1.29 is 10.1 Å². The highest BCUT2D eigenvalue weighted by Gasteiger charge is 2.25. The van der Waals surface area contributed by atoms with Crippen molar-refractivity contribution >= 4 is 17.2 Å². The van der Waals surface area contributed by atoms with Crippen LogP contribution in [0, 0.1) is 0 Å². The quantitative estimate of drug-likeness (QED) is 0.845. The number of amides is 1. The maximum Gasteiger partial charge on any atom is 0.278 e. The molecule has 1 aromatic heterocycles. The lowest BCUT2D eigenvalue weighted by molar-refractivity contribution is -0.704. The van der Waals surface area contributed by atoms with Crippen LogP contribution in [0.3, 0.4) is 0 Å². The summed E-state index contributed by atoms with van der Waals surface area (Å²) in [6.45, 7) is 5.93. The molecule has 0 bridgehead atoms. The highest BCUT2D eigenvalue weighted by atomic mass is 32.1. The molecule has 0 aliphatic carbocycles. The van der Waals surface area contributed by atoms with Crippen molar-refractivity contribution in [3.8, 4) is 0 Å². The summed E-state index contributed by atoms with van der Waals surface area (Å²) in [5, 5.41) is 7.20. The standard InChI is InChI=1S/C17H22N2OS/c1-12(2)18-17(20)13(3)19-16(15-10-7-11-21-15)14-8-5-4-6-9-14/h4-13,16,19H,1-3H3,(H,18,20)/p+1/t13-,16-/m0/s1. The molecule has 0 aliphatic heterocycles. The minimum absolute atomic E-state index is 0.0856. The van der Waals surface area contributed by atoms with Crippen LogP contribution in [0.4, 0.5) is 0 Å². The molecule has 3 N–H and O–H groups in total. The Morgan fingerprint density at radius 1 is 1.10 bits per heavy atom. The van der Waals surface area contributed by atoms with Crippen molar-refractivity contribution in [3.63, 3.8) is 0 Å². The molecule has 2 rings (SSSR count). The zero-order valence-corrected chi connectivity index (χ0v) is 13.6. The van der Waals surface area contributed by atoms with Crippen LogP contribution >= 0.6 is 11.3 Å². The van der Waals surface area contributed by atoms with E-state index < -0.39 is 0 Å². The zero-order chi connectivity index (χ0) is 15.2. The minimum Gasteiger partial charge on any atom is -0.349 e. The Bertz CT molecular complexity index is 551. The molecular weight excluding hydrogens is 280 g/mol. The Labute approximate surface area is 130 Å². The minimum atomic E-state index is -0.125. The van der Waals surface area contributed by atoms with Crippen LogP contribution in [0.5, 0.6) is 0 Å². The van der Waals surface area contributed by atoms with Gasteiger partial charge in [0.1, 0.15) is 6.04 Å². The zero-order valence-electron chi connectivity index (χ0n) is 12.7. The van der Waals surface area contributed by atoms with Crippen LogP contribution in [0.15, 0.2) is 47.8 Å². The molecule has 112 valence electrons. The molecule has 0 spiro atoms. The van der Waals surface area contributed by atoms with Crippen LogP contribution in [-0.4, -0.2) is 18.0 Å². The Morgan fingerprint density at radius 2 is 1.81 bits per heavy atom. The summed E-state index contributed by atoms with van der Waals surface area (Å²) >= 11 is 1.73. The van der Waals surface area contributed by atoms with Crippen molar-refractivity contribution in [1.29, 1.82) is 0 Å². The number of rotatable bonds is 6. The first kappa shape index (κ1) is 15.7. The third-order valence-corrected chi connectivity index (χ3v) is 4.29. The van der Waals surface area contributed by atoms with E-state index in [0.29, 0.717) is 0 Å². The first-order chi connectivity index (χ1) is 10.1. The summed E-state index contributed by atoms with van der Waals surface area (Å²) in [6.07, 6.45) is 0. The second kappa shape index (κ2) is 7.38.